The quantitative estimate of drug-likeness (QED) is 0.557. The molecule has 0 radical (unpaired) electrons. The highest BCUT2D eigenvalue weighted by Crippen LogP contribution is 2.36. The Morgan fingerprint density at radius 2 is 2.10 bits per heavy atom. The van der Waals surface area contributed by atoms with Crippen LogP contribution in [0.4, 0.5) is 11.6 Å². The molecule has 1 aromatic carbocycles. The molecule has 0 saturated carbocycles. The molecule has 1 fully saturated rings. The number of nitrogens with two attached hydrogens (primary N) is 1. The standard InChI is InChI=1S/C21H25N5O4S/c1-12-16-7-13(14-8-17(26-31(3,4)27)20(28-2)23-10-14)9-18(19(16)25-21(22)24-12)30-15-5-6-29-11-15/h7-10,15H,3,5-6,11H2,1-2,4H3,(H,26,27)(H2,22,24,25)/t15-,31?/m0/s1. The third-order valence-corrected chi connectivity index (χ3v) is 5.51. The molecule has 0 aliphatic carbocycles. The lowest BCUT2D eigenvalue weighted by atomic mass is 10.0. The highest BCUT2D eigenvalue weighted by atomic mass is 32.2. The van der Waals surface area contributed by atoms with Crippen molar-refractivity contribution in [1.82, 2.24) is 15.0 Å². The molecule has 2 aromatic heterocycles. The van der Waals surface area contributed by atoms with E-state index in [1.807, 2.05) is 25.1 Å². The van der Waals surface area contributed by atoms with Gasteiger partial charge in [-0.15, -0.1) is 0 Å². The predicted octanol–water partition coefficient (Wildman–Crippen LogP) is 2.43. The maximum atomic E-state index is 12.2. The summed E-state index contributed by atoms with van der Waals surface area (Å²) in [7, 11) is -1.02. The van der Waals surface area contributed by atoms with Crippen LogP contribution in [0.25, 0.3) is 22.0 Å². The summed E-state index contributed by atoms with van der Waals surface area (Å²) in [6.07, 6.45) is 3.94. The Bertz CT molecular complexity index is 1240. The van der Waals surface area contributed by atoms with Gasteiger partial charge in [0, 0.05) is 39.5 Å². The van der Waals surface area contributed by atoms with Gasteiger partial charge in [0.05, 0.1) is 26.0 Å². The van der Waals surface area contributed by atoms with Gasteiger partial charge in [-0.1, -0.05) is 0 Å². The third-order valence-electron chi connectivity index (χ3n) is 4.86. The maximum absolute atomic E-state index is 12.2. The normalized spacial score (nSPS) is 18.0. The summed E-state index contributed by atoms with van der Waals surface area (Å²) >= 11 is 0. The van der Waals surface area contributed by atoms with E-state index in [0.29, 0.717) is 36.0 Å². The number of hydrogen-bond donors (Lipinski definition) is 2. The van der Waals surface area contributed by atoms with Gasteiger partial charge in [-0.3, -0.25) is 0 Å². The van der Waals surface area contributed by atoms with E-state index in [2.05, 4.69) is 25.5 Å². The molecule has 0 spiro atoms. The van der Waals surface area contributed by atoms with Crippen LogP contribution in [0.3, 0.4) is 0 Å². The maximum Gasteiger partial charge on any atom is 0.238 e. The van der Waals surface area contributed by atoms with Crippen LogP contribution in [-0.4, -0.2) is 57.7 Å². The molecule has 4 rings (SSSR count). The number of fused-ring (bicyclic) bond motifs is 1. The van der Waals surface area contributed by atoms with E-state index in [4.69, 9.17) is 19.9 Å². The van der Waals surface area contributed by atoms with Crippen molar-refractivity contribution in [2.75, 3.05) is 37.0 Å². The Morgan fingerprint density at radius 3 is 2.77 bits per heavy atom. The Morgan fingerprint density at radius 1 is 1.29 bits per heavy atom. The van der Waals surface area contributed by atoms with Gasteiger partial charge in [0.1, 0.15) is 23.1 Å². The number of nitrogen functional groups attached to an aromatic ring is 1. The van der Waals surface area contributed by atoms with Crippen molar-refractivity contribution in [2.24, 2.45) is 0 Å². The molecule has 3 heterocycles. The number of nitrogens with one attached hydrogen (secondary N) is 1. The van der Waals surface area contributed by atoms with Crippen molar-refractivity contribution >= 4 is 38.1 Å². The summed E-state index contributed by atoms with van der Waals surface area (Å²) in [4.78, 5) is 13.1. The molecule has 3 aromatic rings. The number of methoxy groups -OCH3 is 1. The van der Waals surface area contributed by atoms with Gasteiger partial charge in [0.2, 0.25) is 11.8 Å². The zero-order valence-corrected chi connectivity index (χ0v) is 18.5. The summed E-state index contributed by atoms with van der Waals surface area (Å²) in [6, 6.07) is 5.67. The van der Waals surface area contributed by atoms with Crippen molar-refractivity contribution < 1.29 is 18.4 Å². The molecule has 0 amide bonds. The minimum absolute atomic E-state index is 0.0582. The molecule has 0 bridgehead atoms. The van der Waals surface area contributed by atoms with Crippen LogP contribution in [0.2, 0.25) is 0 Å². The SMILES string of the molecule is C=S(C)(=O)Nc1cc(-c2cc(O[C@H]3CCOC3)c3nc(N)nc(C)c3c2)cnc1OC. The Kier molecular flexibility index (Phi) is 5.59. The average Bonchev–Trinajstić information content (AvgIpc) is 3.20. The second-order valence-electron chi connectivity index (χ2n) is 7.53. The van der Waals surface area contributed by atoms with E-state index >= 15 is 0 Å². The van der Waals surface area contributed by atoms with Gasteiger partial charge in [0.15, 0.2) is 0 Å². The fourth-order valence-corrected chi connectivity index (χ4v) is 4.10. The van der Waals surface area contributed by atoms with Crippen molar-refractivity contribution in [3.05, 3.63) is 30.1 Å². The molecule has 9 nitrogen and oxygen atoms in total. The Labute approximate surface area is 181 Å². The molecule has 164 valence electrons. The second-order valence-corrected chi connectivity index (χ2v) is 9.74. The van der Waals surface area contributed by atoms with Crippen molar-refractivity contribution in [1.29, 1.82) is 0 Å². The van der Waals surface area contributed by atoms with Crippen LogP contribution in [0.1, 0.15) is 12.1 Å². The number of ether oxygens (including phenoxy) is 3. The van der Waals surface area contributed by atoms with E-state index in [1.54, 1.807) is 6.20 Å². The van der Waals surface area contributed by atoms with Crippen molar-refractivity contribution in [2.45, 2.75) is 19.4 Å². The molecular formula is C21H25N5O4S. The monoisotopic (exact) mass is 443 g/mol. The number of benzene rings is 1. The largest absolute Gasteiger partial charge is 0.486 e. The summed E-state index contributed by atoms with van der Waals surface area (Å²) in [5.41, 5.74) is 9.38. The lowest BCUT2D eigenvalue weighted by Crippen LogP contribution is -2.16. The fourth-order valence-electron chi connectivity index (χ4n) is 3.49. The lowest BCUT2D eigenvalue weighted by molar-refractivity contribution is 0.142. The van der Waals surface area contributed by atoms with E-state index in [9.17, 15) is 4.21 Å². The number of aryl methyl sites for hydroxylation is 1. The Balaban J connectivity index is 1.86. The minimum atomic E-state index is -2.52. The van der Waals surface area contributed by atoms with Gasteiger partial charge in [-0.2, -0.15) is 0 Å². The highest BCUT2D eigenvalue weighted by molar-refractivity contribution is 8.00. The first-order valence-corrected chi connectivity index (χ1v) is 11.8. The number of pyridine rings is 1. The number of anilines is 2. The summed E-state index contributed by atoms with van der Waals surface area (Å²) in [5.74, 6) is 4.77. The van der Waals surface area contributed by atoms with Crippen LogP contribution in [-0.2, 0) is 14.4 Å². The van der Waals surface area contributed by atoms with Crippen LogP contribution in [0, 0.1) is 6.92 Å². The number of rotatable bonds is 6. The molecule has 1 aliphatic rings. The van der Waals surface area contributed by atoms with E-state index in [0.717, 1.165) is 28.6 Å². The van der Waals surface area contributed by atoms with Gasteiger partial charge in [0.25, 0.3) is 0 Å². The topological polar surface area (TPSA) is 121 Å². The molecule has 1 aliphatic heterocycles. The average molecular weight is 444 g/mol. The summed E-state index contributed by atoms with van der Waals surface area (Å²) in [6.45, 7) is 3.07. The van der Waals surface area contributed by atoms with Crippen LogP contribution in [0.5, 0.6) is 11.6 Å². The highest BCUT2D eigenvalue weighted by Gasteiger charge is 2.21. The summed E-state index contributed by atoms with van der Waals surface area (Å²) < 4.78 is 32.1. The molecule has 3 N–H and O–H groups in total. The molecule has 10 heteroatoms. The Hall–Kier alpha value is -3.11. The fraction of sp³-hybridized carbons (Fsp3) is 0.333. The smallest absolute Gasteiger partial charge is 0.238 e. The first-order chi connectivity index (χ1) is 14.7. The minimum Gasteiger partial charge on any atom is -0.486 e. The van der Waals surface area contributed by atoms with Gasteiger partial charge in [-0.05, 0) is 36.6 Å². The summed E-state index contributed by atoms with van der Waals surface area (Å²) in [5, 5.41) is 0.822. The molecular weight excluding hydrogens is 418 g/mol. The molecule has 1 unspecified atom stereocenters. The van der Waals surface area contributed by atoms with E-state index in [1.165, 1.54) is 13.4 Å². The van der Waals surface area contributed by atoms with Crippen molar-refractivity contribution in [3.63, 3.8) is 0 Å². The first-order valence-electron chi connectivity index (χ1n) is 9.70. The number of aromatic nitrogens is 3. The van der Waals surface area contributed by atoms with Gasteiger partial charge in [-0.25, -0.2) is 19.2 Å². The third kappa shape index (κ3) is 4.64. The zero-order valence-electron chi connectivity index (χ0n) is 17.7. The van der Waals surface area contributed by atoms with Gasteiger partial charge < -0.3 is 24.7 Å². The molecule has 1 saturated heterocycles. The van der Waals surface area contributed by atoms with Crippen LogP contribution >= 0.6 is 0 Å². The second kappa shape index (κ2) is 8.20. The van der Waals surface area contributed by atoms with E-state index < -0.39 is 9.71 Å². The molecule has 31 heavy (non-hydrogen) atoms. The molecule has 2 atom stereocenters. The van der Waals surface area contributed by atoms with Gasteiger partial charge >= 0.3 is 0 Å². The van der Waals surface area contributed by atoms with Crippen LogP contribution in [0.15, 0.2) is 24.4 Å². The number of hydrogen-bond acceptors (Lipinski definition) is 8. The predicted molar refractivity (Wildman–Crippen MR) is 123 cm³/mol. The van der Waals surface area contributed by atoms with E-state index in [-0.39, 0.29) is 12.1 Å². The van der Waals surface area contributed by atoms with Crippen molar-refractivity contribution in [3.8, 4) is 22.8 Å². The van der Waals surface area contributed by atoms with Crippen LogP contribution < -0.4 is 19.9 Å². The zero-order chi connectivity index (χ0) is 22.2. The lowest BCUT2D eigenvalue weighted by Gasteiger charge is -2.17. The first kappa shape index (κ1) is 21.1. The number of nitrogens with zero attached hydrogens (tertiary/aromatic N) is 3.